The lowest BCUT2D eigenvalue weighted by atomic mass is 9.98. The van der Waals surface area contributed by atoms with Crippen LogP contribution in [0.15, 0.2) is 54.6 Å². The summed E-state index contributed by atoms with van der Waals surface area (Å²) < 4.78 is 11.4. The van der Waals surface area contributed by atoms with Crippen molar-refractivity contribution in [1.29, 1.82) is 0 Å². The van der Waals surface area contributed by atoms with Crippen LogP contribution in [0, 0.1) is 5.92 Å². The second-order valence-electron chi connectivity index (χ2n) is 7.22. The predicted octanol–water partition coefficient (Wildman–Crippen LogP) is 5.03. The average molecular weight is 352 g/mol. The highest BCUT2D eigenvalue weighted by Gasteiger charge is 2.17. The predicted molar refractivity (Wildman–Crippen MR) is 104 cm³/mol. The lowest BCUT2D eigenvalue weighted by molar-refractivity contribution is -0.169. The zero-order valence-corrected chi connectivity index (χ0v) is 15.5. The van der Waals surface area contributed by atoms with Crippen LogP contribution in [0.1, 0.15) is 38.2 Å². The van der Waals surface area contributed by atoms with Gasteiger partial charge in [0.05, 0.1) is 6.61 Å². The van der Waals surface area contributed by atoms with Gasteiger partial charge in [-0.15, -0.1) is 0 Å². The summed E-state index contributed by atoms with van der Waals surface area (Å²) in [5, 5.41) is 0. The lowest BCUT2D eigenvalue weighted by Crippen LogP contribution is -2.25. The zero-order chi connectivity index (χ0) is 18.2. The van der Waals surface area contributed by atoms with Crippen molar-refractivity contribution < 1.29 is 14.3 Å². The maximum absolute atomic E-state index is 12.3. The quantitative estimate of drug-likeness (QED) is 0.668. The summed E-state index contributed by atoms with van der Waals surface area (Å²) in [5.41, 5.74) is 3.44. The molecular weight excluding hydrogens is 324 g/mol. The third-order valence-corrected chi connectivity index (χ3v) is 4.74. The Balaban J connectivity index is 1.44. The van der Waals surface area contributed by atoms with Crippen LogP contribution in [0.25, 0.3) is 11.1 Å². The molecule has 1 unspecified atom stereocenters. The molecule has 1 saturated heterocycles. The lowest BCUT2D eigenvalue weighted by Gasteiger charge is -2.24. The number of hydrogen-bond acceptors (Lipinski definition) is 3. The number of ether oxygens (including phenoxy) is 2. The highest BCUT2D eigenvalue weighted by molar-refractivity contribution is 5.81. The van der Waals surface area contributed by atoms with E-state index >= 15 is 0 Å². The van der Waals surface area contributed by atoms with Gasteiger partial charge in [-0.25, -0.2) is 0 Å². The van der Waals surface area contributed by atoms with Crippen molar-refractivity contribution in [3.63, 3.8) is 0 Å². The number of rotatable bonds is 8. The smallest absolute Gasteiger partial charge is 0.157 e. The van der Waals surface area contributed by atoms with Crippen LogP contribution in [-0.2, 0) is 20.7 Å². The fourth-order valence-corrected chi connectivity index (χ4v) is 3.31. The second kappa shape index (κ2) is 9.65. The molecule has 0 aromatic heterocycles. The Labute approximate surface area is 156 Å². The molecule has 0 radical (unpaired) electrons. The van der Waals surface area contributed by atoms with E-state index in [-0.39, 0.29) is 18.0 Å². The van der Waals surface area contributed by atoms with Crippen molar-refractivity contribution in [3.8, 4) is 11.1 Å². The molecule has 0 bridgehead atoms. The molecule has 0 amide bonds. The normalized spacial score (nSPS) is 18.4. The van der Waals surface area contributed by atoms with Gasteiger partial charge < -0.3 is 9.47 Å². The minimum absolute atomic E-state index is 0.0770. The molecule has 2 aromatic carbocycles. The molecule has 3 rings (SSSR count). The van der Waals surface area contributed by atoms with Crippen molar-refractivity contribution in [2.24, 2.45) is 5.92 Å². The molecular formula is C23H28O3. The van der Waals surface area contributed by atoms with Crippen molar-refractivity contribution >= 4 is 5.78 Å². The summed E-state index contributed by atoms with van der Waals surface area (Å²) in [6, 6.07) is 18.6. The van der Waals surface area contributed by atoms with Gasteiger partial charge in [0.15, 0.2) is 6.29 Å². The maximum Gasteiger partial charge on any atom is 0.157 e. The Morgan fingerprint density at radius 1 is 1.08 bits per heavy atom. The number of carbonyl (C=O) groups excluding carboxylic acids is 1. The topological polar surface area (TPSA) is 35.5 Å². The Morgan fingerprint density at radius 2 is 1.81 bits per heavy atom. The van der Waals surface area contributed by atoms with Gasteiger partial charge in [-0.2, -0.15) is 0 Å². The van der Waals surface area contributed by atoms with Gasteiger partial charge in [0, 0.05) is 19.4 Å². The molecule has 2 atom stereocenters. The molecule has 138 valence electrons. The first-order valence-corrected chi connectivity index (χ1v) is 9.60. The Bertz CT molecular complexity index is 672. The average Bonchev–Trinajstić information content (AvgIpc) is 2.68. The first-order valence-electron chi connectivity index (χ1n) is 9.60. The van der Waals surface area contributed by atoms with Gasteiger partial charge in [-0.05, 0) is 41.9 Å². The monoisotopic (exact) mass is 352 g/mol. The van der Waals surface area contributed by atoms with Crippen molar-refractivity contribution in [2.75, 3.05) is 13.2 Å². The van der Waals surface area contributed by atoms with Crippen LogP contribution in [0.4, 0.5) is 0 Å². The van der Waals surface area contributed by atoms with Crippen LogP contribution in [-0.4, -0.2) is 25.3 Å². The standard InChI is InChI=1S/C23H28O3/c1-18(17-26-23-9-5-6-14-25-23)15-22(24)16-19-10-12-21(13-11-19)20-7-3-2-4-8-20/h2-4,7-8,10-13,18,23H,5-6,9,14-17H2,1H3/t18-,23?/m1/s1. The van der Waals surface area contributed by atoms with Gasteiger partial charge in [-0.1, -0.05) is 61.5 Å². The van der Waals surface area contributed by atoms with E-state index in [1.165, 1.54) is 11.1 Å². The molecule has 0 N–H and O–H groups in total. The third-order valence-electron chi connectivity index (χ3n) is 4.74. The molecule has 0 aliphatic carbocycles. The molecule has 1 aliphatic rings. The third kappa shape index (κ3) is 5.79. The van der Waals surface area contributed by atoms with E-state index in [1.54, 1.807) is 0 Å². The van der Waals surface area contributed by atoms with E-state index in [2.05, 4.69) is 43.3 Å². The van der Waals surface area contributed by atoms with Crippen molar-refractivity contribution in [1.82, 2.24) is 0 Å². The first kappa shape index (κ1) is 18.8. The Kier molecular flexibility index (Phi) is 6.98. The number of ketones is 1. The number of benzene rings is 2. The van der Waals surface area contributed by atoms with Crippen LogP contribution in [0.5, 0.6) is 0 Å². The van der Waals surface area contributed by atoms with Crippen LogP contribution in [0.3, 0.4) is 0 Å². The summed E-state index contributed by atoms with van der Waals surface area (Å²) in [6.07, 6.45) is 4.21. The first-order chi connectivity index (χ1) is 12.7. The van der Waals surface area contributed by atoms with E-state index in [0.717, 1.165) is 31.4 Å². The summed E-state index contributed by atoms with van der Waals surface area (Å²) >= 11 is 0. The van der Waals surface area contributed by atoms with Crippen LogP contribution in [0.2, 0.25) is 0 Å². The number of hydrogen-bond donors (Lipinski definition) is 0. The molecule has 1 fully saturated rings. The maximum atomic E-state index is 12.3. The molecule has 3 nitrogen and oxygen atoms in total. The van der Waals surface area contributed by atoms with Crippen molar-refractivity contribution in [3.05, 3.63) is 60.2 Å². The zero-order valence-electron chi connectivity index (χ0n) is 15.5. The van der Waals surface area contributed by atoms with E-state index in [9.17, 15) is 4.79 Å². The van der Waals surface area contributed by atoms with E-state index < -0.39 is 0 Å². The van der Waals surface area contributed by atoms with Gasteiger partial charge in [-0.3, -0.25) is 4.79 Å². The molecule has 3 heteroatoms. The summed E-state index contributed by atoms with van der Waals surface area (Å²) in [4.78, 5) is 12.3. The molecule has 26 heavy (non-hydrogen) atoms. The van der Waals surface area contributed by atoms with Gasteiger partial charge in [0.25, 0.3) is 0 Å². The van der Waals surface area contributed by atoms with Crippen LogP contribution < -0.4 is 0 Å². The second-order valence-corrected chi connectivity index (χ2v) is 7.22. The van der Waals surface area contributed by atoms with E-state index in [1.807, 2.05) is 18.2 Å². The summed E-state index contributed by atoms with van der Waals surface area (Å²) in [5.74, 6) is 0.481. The molecule has 1 aliphatic heterocycles. The highest BCUT2D eigenvalue weighted by atomic mass is 16.7. The molecule has 0 spiro atoms. The van der Waals surface area contributed by atoms with E-state index in [0.29, 0.717) is 19.4 Å². The van der Waals surface area contributed by atoms with Crippen molar-refractivity contribution in [2.45, 2.75) is 45.3 Å². The Hall–Kier alpha value is -1.97. The highest BCUT2D eigenvalue weighted by Crippen LogP contribution is 2.20. The number of Topliss-reactive ketones (excluding diaryl/α,β-unsaturated/α-hetero) is 1. The summed E-state index contributed by atoms with van der Waals surface area (Å²) in [7, 11) is 0. The fourth-order valence-electron chi connectivity index (χ4n) is 3.31. The largest absolute Gasteiger partial charge is 0.353 e. The minimum Gasteiger partial charge on any atom is -0.353 e. The Morgan fingerprint density at radius 3 is 2.50 bits per heavy atom. The molecule has 2 aromatic rings. The molecule has 1 heterocycles. The van der Waals surface area contributed by atoms with Gasteiger partial charge >= 0.3 is 0 Å². The van der Waals surface area contributed by atoms with E-state index in [4.69, 9.17) is 9.47 Å². The summed E-state index contributed by atoms with van der Waals surface area (Å²) in [6.45, 7) is 3.44. The number of carbonyl (C=O) groups is 1. The van der Waals surface area contributed by atoms with Gasteiger partial charge in [0.2, 0.25) is 0 Å². The van der Waals surface area contributed by atoms with Gasteiger partial charge in [0.1, 0.15) is 5.78 Å². The fraction of sp³-hybridized carbons (Fsp3) is 0.435. The SMILES string of the molecule is C[C@@H](COC1CCCCO1)CC(=O)Cc1ccc(-c2ccccc2)cc1. The van der Waals surface area contributed by atoms with Crippen LogP contribution >= 0.6 is 0 Å². The molecule has 0 saturated carbocycles. The minimum atomic E-state index is -0.0770.